The van der Waals surface area contributed by atoms with Crippen LogP contribution >= 0.6 is 0 Å². The van der Waals surface area contributed by atoms with Crippen LogP contribution in [0.25, 0.3) is 55.5 Å². The minimum atomic E-state index is -0.651. The number of hydrogen-bond donors (Lipinski definition) is 0. The molecular formula is C56H50N4OPt-2. The molecular weight excluding hydrogens is 940 g/mol. The summed E-state index contributed by atoms with van der Waals surface area (Å²) in [5.74, 6) is 2.06. The number of aryl methyl sites for hydroxylation is 1. The number of pyridine rings is 1. The number of aromatic nitrogens is 4. The average molecular weight is 990 g/mol. The molecule has 6 aromatic carbocycles. The predicted molar refractivity (Wildman–Crippen MR) is 247 cm³/mol. The van der Waals surface area contributed by atoms with Crippen LogP contribution in [0.1, 0.15) is 101 Å². The number of benzene rings is 6. The number of para-hydroxylation sites is 2. The Bertz CT molecular complexity index is 3300. The quantitative estimate of drug-likeness (QED) is 0.131. The third kappa shape index (κ3) is 5.63. The zero-order valence-electron chi connectivity index (χ0n) is 37.1. The average Bonchev–Trinajstić information content (AvgIpc) is 3.85. The Morgan fingerprint density at radius 3 is 2.08 bits per heavy atom. The van der Waals surface area contributed by atoms with E-state index in [1.807, 2.05) is 30.5 Å². The summed E-state index contributed by atoms with van der Waals surface area (Å²) < 4.78 is 13.4. The molecule has 4 heterocycles. The van der Waals surface area contributed by atoms with E-state index in [4.69, 9.17) is 9.72 Å². The largest absolute Gasteiger partial charge is 0.510 e. The van der Waals surface area contributed by atoms with Crippen molar-refractivity contribution in [2.45, 2.75) is 84.0 Å². The molecule has 3 aromatic heterocycles. The molecule has 0 fully saturated rings. The zero-order valence-corrected chi connectivity index (χ0v) is 39.3. The van der Waals surface area contributed by atoms with Crippen molar-refractivity contribution in [3.05, 3.63) is 179 Å². The maximum absolute atomic E-state index is 6.85. The SMILES string of the molecule is C[n+]1[c-]n2c3c(cccc31)C1(c3ccc(Oc4[c-]c5c(cc4)c4ccccc4n5-c4ccccn4)[c-]c3-2)c2c(cccc2C(C)(C)C)-c2cc(C(C)(C)C)cc(C(C)(C)C)c21.[Pt]. The summed E-state index contributed by atoms with van der Waals surface area (Å²) in [7, 11) is 2.10. The molecule has 6 heteroatoms. The van der Waals surface area contributed by atoms with E-state index in [9.17, 15) is 0 Å². The fraction of sp³-hybridized carbons (Fsp3) is 0.250. The molecule has 2 aliphatic rings. The minimum Gasteiger partial charge on any atom is -0.510 e. The Labute approximate surface area is 379 Å². The summed E-state index contributed by atoms with van der Waals surface area (Å²) in [6, 6.07) is 49.4. The second-order valence-electron chi connectivity index (χ2n) is 20.2. The minimum absolute atomic E-state index is 0. The Kier molecular flexibility index (Phi) is 8.85. The maximum atomic E-state index is 6.85. The molecule has 5 nitrogen and oxygen atoms in total. The first-order chi connectivity index (χ1) is 29.1. The van der Waals surface area contributed by atoms with Crippen molar-refractivity contribution in [2.75, 3.05) is 0 Å². The zero-order chi connectivity index (χ0) is 42.4. The fourth-order valence-corrected chi connectivity index (χ4v) is 10.4. The maximum Gasteiger partial charge on any atom is 0.242 e. The van der Waals surface area contributed by atoms with E-state index in [1.165, 1.54) is 50.1 Å². The molecule has 1 unspecified atom stereocenters. The Morgan fingerprint density at radius 1 is 0.629 bits per heavy atom. The summed E-state index contributed by atoms with van der Waals surface area (Å²) in [6.45, 7) is 21.2. The van der Waals surface area contributed by atoms with Crippen LogP contribution < -0.4 is 9.30 Å². The van der Waals surface area contributed by atoms with Gasteiger partial charge in [-0.2, -0.15) is 12.1 Å². The Hall–Kier alpha value is -5.77. The summed E-state index contributed by atoms with van der Waals surface area (Å²) in [5.41, 5.74) is 16.1. The van der Waals surface area contributed by atoms with Gasteiger partial charge >= 0.3 is 0 Å². The smallest absolute Gasteiger partial charge is 0.242 e. The van der Waals surface area contributed by atoms with Crippen molar-refractivity contribution in [3.63, 3.8) is 0 Å². The number of rotatable bonds is 3. The standard InChI is InChI=1S/C56H50N4O.Pt/c1-53(2,3)34-29-40-39-18-15-19-42(54(4,5)6)50(39)56(51(40)44(30-34)55(7,8)9)41-27-25-36(32-48(41)59-33-58(10)46-22-16-20-43(56)52(46)59)61-35-24-26-38-37-17-11-12-21-45(37)60(47(38)31-35)49-23-13-14-28-57-49;/h11-30H,1-10H3;/q-2;. The van der Waals surface area contributed by atoms with Crippen LogP contribution in [-0.2, 0) is 49.8 Å². The Morgan fingerprint density at radius 2 is 1.34 bits per heavy atom. The second-order valence-corrected chi connectivity index (χ2v) is 20.2. The van der Waals surface area contributed by atoms with Gasteiger partial charge in [-0.15, -0.1) is 35.2 Å². The molecule has 0 N–H and O–H groups in total. The van der Waals surface area contributed by atoms with Crippen molar-refractivity contribution in [1.82, 2.24) is 14.1 Å². The Balaban J connectivity index is 0.00000458. The van der Waals surface area contributed by atoms with E-state index in [2.05, 4.69) is 193 Å². The normalized spacial score (nSPS) is 15.5. The van der Waals surface area contributed by atoms with Gasteiger partial charge in [-0.1, -0.05) is 146 Å². The molecule has 9 aromatic rings. The van der Waals surface area contributed by atoms with E-state index in [0.29, 0.717) is 11.5 Å². The van der Waals surface area contributed by atoms with E-state index in [0.717, 1.165) is 44.3 Å². The van der Waals surface area contributed by atoms with E-state index >= 15 is 0 Å². The first-order valence-electron chi connectivity index (χ1n) is 21.5. The first kappa shape index (κ1) is 40.3. The van der Waals surface area contributed by atoms with Gasteiger partial charge in [0, 0.05) is 49.7 Å². The third-order valence-corrected chi connectivity index (χ3v) is 13.2. The van der Waals surface area contributed by atoms with Crippen LogP contribution in [-0.4, -0.2) is 14.1 Å². The molecule has 0 saturated heterocycles. The molecule has 0 radical (unpaired) electrons. The molecule has 1 atom stereocenters. The van der Waals surface area contributed by atoms with Crippen LogP contribution in [0.15, 0.2) is 121 Å². The van der Waals surface area contributed by atoms with Gasteiger partial charge in [0.25, 0.3) is 0 Å². The van der Waals surface area contributed by atoms with E-state index in [-0.39, 0.29) is 37.3 Å². The number of ether oxygens (including phenoxy) is 1. The monoisotopic (exact) mass is 989 g/mol. The number of nitrogens with zero attached hydrogens (tertiary/aromatic N) is 4. The van der Waals surface area contributed by atoms with Crippen molar-refractivity contribution in [1.29, 1.82) is 0 Å². The fourth-order valence-electron chi connectivity index (χ4n) is 10.4. The van der Waals surface area contributed by atoms with Gasteiger partial charge in [0.1, 0.15) is 5.82 Å². The van der Waals surface area contributed by atoms with Crippen molar-refractivity contribution >= 4 is 32.8 Å². The van der Waals surface area contributed by atoms with Gasteiger partial charge in [-0.25, -0.2) is 4.98 Å². The summed E-state index contributed by atoms with van der Waals surface area (Å²) in [5, 5.41) is 2.24. The molecule has 1 aliphatic carbocycles. The topological polar surface area (TPSA) is 35.9 Å². The number of imidazole rings is 1. The summed E-state index contributed by atoms with van der Waals surface area (Å²) in [4.78, 5) is 4.74. The van der Waals surface area contributed by atoms with Gasteiger partial charge < -0.3 is 18.4 Å². The predicted octanol–water partition coefficient (Wildman–Crippen LogP) is 12.7. The van der Waals surface area contributed by atoms with Crippen LogP contribution in [0.3, 0.4) is 0 Å². The van der Waals surface area contributed by atoms with Gasteiger partial charge in [0.15, 0.2) is 0 Å². The van der Waals surface area contributed by atoms with Crippen molar-refractivity contribution in [2.24, 2.45) is 7.05 Å². The van der Waals surface area contributed by atoms with Crippen LogP contribution in [0.4, 0.5) is 0 Å². The van der Waals surface area contributed by atoms with Crippen LogP contribution in [0, 0.1) is 18.5 Å². The van der Waals surface area contributed by atoms with Gasteiger partial charge in [0.2, 0.25) is 6.33 Å². The molecule has 1 aliphatic heterocycles. The summed E-state index contributed by atoms with van der Waals surface area (Å²) in [6.07, 6.45) is 5.54. The van der Waals surface area contributed by atoms with Crippen molar-refractivity contribution < 1.29 is 30.4 Å². The van der Waals surface area contributed by atoms with Gasteiger partial charge in [-0.05, 0) is 84.3 Å². The molecule has 0 amide bonds. The third-order valence-electron chi connectivity index (χ3n) is 13.2. The number of hydrogen-bond acceptors (Lipinski definition) is 2. The van der Waals surface area contributed by atoms with Gasteiger partial charge in [0.05, 0.1) is 18.1 Å². The molecule has 0 saturated carbocycles. The summed E-state index contributed by atoms with van der Waals surface area (Å²) >= 11 is 0. The molecule has 62 heavy (non-hydrogen) atoms. The second kappa shape index (κ2) is 13.6. The van der Waals surface area contributed by atoms with Crippen LogP contribution in [0.5, 0.6) is 11.5 Å². The van der Waals surface area contributed by atoms with E-state index < -0.39 is 5.41 Å². The van der Waals surface area contributed by atoms with Crippen molar-refractivity contribution in [3.8, 4) is 34.1 Å². The molecule has 0 bridgehead atoms. The molecule has 1 spiro atoms. The van der Waals surface area contributed by atoms with Crippen LogP contribution in [0.2, 0.25) is 0 Å². The molecule has 11 rings (SSSR count). The number of fused-ring (bicyclic) bond motifs is 12. The first-order valence-corrected chi connectivity index (χ1v) is 21.5. The van der Waals surface area contributed by atoms with Gasteiger partial charge in [-0.3, -0.25) is 0 Å². The molecule has 312 valence electrons. The van der Waals surface area contributed by atoms with E-state index in [1.54, 1.807) is 0 Å².